The number of hydrogen-bond donors (Lipinski definition) is 3. The lowest BCUT2D eigenvalue weighted by Gasteiger charge is -2.32. The van der Waals surface area contributed by atoms with Crippen molar-refractivity contribution in [1.82, 2.24) is 19.8 Å². The van der Waals surface area contributed by atoms with Crippen LogP contribution in [0.15, 0.2) is 30.7 Å². The van der Waals surface area contributed by atoms with E-state index in [4.69, 9.17) is 4.74 Å². The van der Waals surface area contributed by atoms with Crippen LogP contribution in [0.5, 0.6) is 0 Å². The van der Waals surface area contributed by atoms with Gasteiger partial charge < -0.3 is 35.4 Å². The molecule has 3 N–H and O–H groups in total. The number of nitrogens with one attached hydrogen (secondary N) is 3. The summed E-state index contributed by atoms with van der Waals surface area (Å²) in [5, 5.41) is 9.51. The summed E-state index contributed by atoms with van der Waals surface area (Å²) in [6, 6.07) is 6.31. The fraction of sp³-hybridized carbons (Fsp3) is 0.481. The minimum Gasteiger partial charge on any atom is -0.378 e. The number of rotatable bonds is 1. The van der Waals surface area contributed by atoms with Crippen LogP contribution < -0.4 is 20.9 Å². The molecule has 0 spiro atoms. The van der Waals surface area contributed by atoms with Gasteiger partial charge in [0.05, 0.1) is 24.4 Å². The van der Waals surface area contributed by atoms with Crippen LogP contribution in [0.3, 0.4) is 0 Å². The second kappa shape index (κ2) is 11.8. The summed E-state index contributed by atoms with van der Waals surface area (Å²) in [5.74, 6) is 1.01. The SMILES string of the molecule is CN1CCCC(=O)N(C)CCCNc2ncnc3c2/C(=C/Nc2ccc(N4CCOCC4)c(c2)C1)C(=O)N3. The lowest BCUT2D eigenvalue weighted by molar-refractivity contribution is -0.130. The maximum absolute atomic E-state index is 12.8. The van der Waals surface area contributed by atoms with Crippen LogP contribution in [0, 0.1) is 0 Å². The van der Waals surface area contributed by atoms with Crippen molar-refractivity contribution in [3.05, 3.63) is 41.9 Å². The van der Waals surface area contributed by atoms with Gasteiger partial charge in [0.15, 0.2) is 0 Å². The van der Waals surface area contributed by atoms with E-state index in [1.165, 1.54) is 17.6 Å². The summed E-state index contributed by atoms with van der Waals surface area (Å²) in [6.07, 6.45) is 5.25. The topological polar surface area (TPSA) is 115 Å². The molecule has 3 aliphatic heterocycles. The highest BCUT2D eigenvalue weighted by molar-refractivity contribution is 6.32. The zero-order valence-electron chi connectivity index (χ0n) is 22.1. The van der Waals surface area contributed by atoms with Crippen LogP contribution >= 0.6 is 0 Å². The van der Waals surface area contributed by atoms with Crippen molar-refractivity contribution < 1.29 is 14.3 Å². The summed E-state index contributed by atoms with van der Waals surface area (Å²) >= 11 is 0. The molecule has 11 heteroatoms. The van der Waals surface area contributed by atoms with E-state index in [0.717, 1.165) is 44.7 Å². The van der Waals surface area contributed by atoms with Gasteiger partial charge in [-0.15, -0.1) is 0 Å². The van der Waals surface area contributed by atoms with E-state index < -0.39 is 0 Å². The molecule has 4 heterocycles. The number of morpholine rings is 1. The third-order valence-electron chi connectivity index (χ3n) is 7.17. The molecule has 5 rings (SSSR count). The first kappa shape index (κ1) is 25.9. The van der Waals surface area contributed by atoms with Crippen LogP contribution in [0.4, 0.5) is 23.0 Å². The Labute approximate surface area is 223 Å². The van der Waals surface area contributed by atoms with Crippen molar-refractivity contribution in [2.75, 3.05) is 80.9 Å². The zero-order chi connectivity index (χ0) is 26.5. The second-order valence-electron chi connectivity index (χ2n) is 9.98. The summed E-state index contributed by atoms with van der Waals surface area (Å²) in [6.45, 7) is 5.95. The smallest absolute Gasteiger partial charge is 0.259 e. The standard InChI is InChI=1S/C27H36N8O3/c1-33-9-3-5-23(36)34(2)10-4-8-28-25-24-21(27(37)32-26(24)31-18-30-25)16-29-20-6-7-22(19(15-20)17-33)35-11-13-38-14-12-35/h6-7,15-16,18,29H,3-5,8-14,17H2,1-2H3,(H2,28,30,31,32,37)/b21-16-. The number of fused-ring (bicyclic) bond motifs is 2. The molecule has 11 nitrogen and oxygen atoms in total. The number of hydrogen-bond acceptors (Lipinski definition) is 9. The van der Waals surface area contributed by atoms with Crippen molar-refractivity contribution in [2.45, 2.75) is 25.8 Å². The third kappa shape index (κ3) is 5.89. The summed E-state index contributed by atoms with van der Waals surface area (Å²) in [5.41, 5.74) is 4.38. The Balaban J connectivity index is 1.47. The number of anilines is 4. The van der Waals surface area contributed by atoms with Crippen molar-refractivity contribution in [2.24, 2.45) is 0 Å². The van der Waals surface area contributed by atoms with Crippen LogP contribution in [-0.4, -0.2) is 91.6 Å². The van der Waals surface area contributed by atoms with Gasteiger partial charge in [-0.05, 0) is 50.2 Å². The Morgan fingerprint density at radius 1 is 0.974 bits per heavy atom. The minimum atomic E-state index is -0.225. The quantitative estimate of drug-likeness (QED) is 0.521. The van der Waals surface area contributed by atoms with Gasteiger partial charge in [-0.2, -0.15) is 0 Å². The normalized spacial score (nSPS) is 21.2. The highest BCUT2D eigenvalue weighted by Gasteiger charge is 2.29. The Bertz CT molecular complexity index is 1210. The first-order valence-corrected chi connectivity index (χ1v) is 13.2. The molecule has 2 bridgehead atoms. The fourth-order valence-electron chi connectivity index (χ4n) is 5.07. The van der Waals surface area contributed by atoms with Crippen molar-refractivity contribution in [3.8, 4) is 0 Å². The first-order valence-electron chi connectivity index (χ1n) is 13.2. The van der Waals surface area contributed by atoms with Gasteiger partial charge in [0.2, 0.25) is 5.91 Å². The Morgan fingerprint density at radius 2 is 1.79 bits per heavy atom. The molecule has 38 heavy (non-hydrogen) atoms. The average Bonchev–Trinajstić information content (AvgIpc) is 3.25. The maximum atomic E-state index is 12.8. The molecule has 3 aliphatic rings. The van der Waals surface area contributed by atoms with Crippen LogP contribution in [0.1, 0.15) is 30.4 Å². The van der Waals surface area contributed by atoms with Gasteiger partial charge in [-0.1, -0.05) is 0 Å². The van der Waals surface area contributed by atoms with Crippen LogP contribution in [0.2, 0.25) is 0 Å². The largest absolute Gasteiger partial charge is 0.378 e. The van der Waals surface area contributed by atoms with E-state index in [1.54, 1.807) is 11.1 Å². The number of amides is 2. The summed E-state index contributed by atoms with van der Waals surface area (Å²) in [7, 11) is 3.95. The van der Waals surface area contributed by atoms with Gasteiger partial charge in [-0.3, -0.25) is 9.59 Å². The predicted octanol–water partition coefficient (Wildman–Crippen LogP) is 2.20. The second-order valence-corrected chi connectivity index (χ2v) is 9.98. The summed E-state index contributed by atoms with van der Waals surface area (Å²) < 4.78 is 5.57. The highest BCUT2D eigenvalue weighted by atomic mass is 16.5. The molecule has 202 valence electrons. The van der Waals surface area contributed by atoms with Gasteiger partial charge in [0, 0.05) is 63.8 Å². The molecular formula is C27H36N8O3. The molecule has 2 aromatic rings. The third-order valence-corrected chi connectivity index (χ3v) is 7.17. The molecule has 1 fully saturated rings. The molecule has 0 saturated carbocycles. The van der Waals surface area contributed by atoms with E-state index in [-0.39, 0.29) is 11.8 Å². The molecule has 0 radical (unpaired) electrons. The number of nitrogens with zero attached hydrogens (tertiary/aromatic N) is 5. The Morgan fingerprint density at radius 3 is 2.63 bits per heavy atom. The fourth-order valence-corrected chi connectivity index (χ4v) is 5.07. The monoisotopic (exact) mass is 520 g/mol. The maximum Gasteiger partial charge on any atom is 0.259 e. The number of benzene rings is 1. The van der Waals surface area contributed by atoms with Crippen molar-refractivity contribution in [1.29, 1.82) is 0 Å². The Kier molecular flexibility index (Phi) is 8.04. The molecule has 0 aliphatic carbocycles. The van der Waals surface area contributed by atoms with Crippen LogP contribution in [-0.2, 0) is 20.9 Å². The lowest BCUT2D eigenvalue weighted by Crippen LogP contribution is -2.37. The van der Waals surface area contributed by atoms with Crippen molar-refractivity contribution >= 4 is 40.4 Å². The van der Waals surface area contributed by atoms with E-state index in [0.29, 0.717) is 55.5 Å². The zero-order valence-corrected chi connectivity index (χ0v) is 22.1. The molecule has 0 unspecified atom stereocenters. The number of carbonyl (C=O) groups excluding carboxylic acids is 2. The Hall–Kier alpha value is -3.70. The first-order chi connectivity index (χ1) is 18.5. The lowest BCUT2D eigenvalue weighted by atomic mass is 10.1. The summed E-state index contributed by atoms with van der Waals surface area (Å²) in [4.78, 5) is 40.6. The molecular weight excluding hydrogens is 484 g/mol. The molecule has 0 atom stereocenters. The molecule has 2 amide bonds. The number of carbonyl (C=O) groups is 2. The van der Waals surface area contributed by atoms with Gasteiger partial charge in [0.1, 0.15) is 18.0 Å². The van der Waals surface area contributed by atoms with E-state index in [2.05, 4.69) is 54.9 Å². The van der Waals surface area contributed by atoms with E-state index in [1.807, 2.05) is 13.1 Å². The average molecular weight is 521 g/mol. The van der Waals surface area contributed by atoms with Gasteiger partial charge >= 0.3 is 0 Å². The van der Waals surface area contributed by atoms with E-state index in [9.17, 15) is 9.59 Å². The number of ether oxygens (including phenoxy) is 1. The minimum absolute atomic E-state index is 0.152. The van der Waals surface area contributed by atoms with Crippen molar-refractivity contribution in [3.63, 3.8) is 0 Å². The molecule has 1 aromatic heterocycles. The van der Waals surface area contributed by atoms with Crippen LogP contribution in [0.25, 0.3) is 5.57 Å². The molecule has 1 aromatic carbocycles. The highest BCUT2D eigenvalue weighted by Crippen LogP contribution is 2.35. The predicted molar refractivity (Wildman–Crippen MR) is 148 cm³/mol. The van der Waals surface area contributed by atoms with Gasteiger partial charge in [0.25, 0.3) is 5.91 Å². The number of aromatic nitrogens is 2. The van der Waals surface area contributed by atoms with E-state index >= 15 is 0 Å². The molecule has 1 saturated heterocycles. The van der Waals surface area contributed by atoms with Gasteiger partial charge in [-0.25, -0.2) is 9.97 Å².